The summed E-state index contributed by atoms with van der Waals surface area (Å²) in [5.41, 5.74) is 3.74. The largest absolute Gasteiger partial charge is 0.480 e. The molecular formula is C22H26N4O2. The summed E-state index contributed by atoms with van der Waals surface area (Å²) in [6, 6.07) is 15.8. The highest BCUT2D eigenvalue weighted by atomic mass is 16.5. The van der Waals surface area contributed by atoms with Crippen molar-refractivity contribution in [3.8, 4) is 17.1 Å². The number of benzene rings is 1. The van der Waals surface area contributed by atoms with Gasteiger partial charge in [-0.15, -0.1) is 0 Å². The van der Waals surface area contributed by atoms with E-state index < -0.39 is 0 Å². The van der Waals surface area contributed by atoms with Crippen molar-refractivity contribution in [2.45, 2.75) is 25.7 Å². The normalized spacial score (nSPS) is 10.6. The summed E-state index contributed by atoms with van der Waals surface area (Å²) in [6.07, 6.45) is 5.61. The van der Waals surface area contributed by atoms with Crippen molar-refractivity contribution >= 4 is 5.91 Å². The molecule has 1 aromatic carbocycles. The van der Waals surface area contributed by atoms with E-state index in [4.69, 9.17) is 4.74 Å². The van der Waals surface area contributed by atoms with Gasteiger partial charge in [-0.05, 0) is 37.5 Å². The summed E-state index contributed by atoms with van der Waals surface area (Å²) in [5.74, 6) is 0.304. The summed E-state index contributed by atoms with van der Waals surface area (Å²) < 4.78 is 5.17. The Kier molecular flexibility index (Phi) is 6.78. The first-order valence-corrected chi connectivity index (χ1v) is 9.53. The number of hydrogen-bond acceptors (Lipinski definition) is 4. The SMILES string of the molecule is COc1ncccc1C(=O)N(C)CCCCCc1cc(-c2ccccc2)n[nH]1. The first-order chi connectivity index (χ1) is 13.7. The molecular weight excluding hydrogens is 352 g/mol. The molecule has 0 bridgehead atoms. The topological polar surface area (TPSA) is 71.1 Å². The number of pyridine rings is 1. The molecule has 0 spiro atoms. The molecule has 28 heavy (non-hydrogen) atoms. The van der Waals surface area contributed by atoms with Crippen LogP contribution in [-0.4, -0.2) is 46.7 Å². The van der Waals surface area contributed by atoms with Crippen LogP contribution in [0.3, 0.4) is 0 Å². The van der Waals surface area contributed by atoms with Gasteiger partial charge in [0.15, 0.2) is 0 Å². The van der Waals surface area contributed by atoms with Gasteiger partial charge >= 0.3 is 0 Å². The minimum absolute atomic E-state index is 0.0639. The summed E-state index contributed by atoms with van der Waals surface area (Å²) in [5, 5.41) is 7.51. The monoisotopic (exact) mass is 378 g/mol. The molecule has 0 unspecified atom stereocenters. The van der Waals surface area contributed by atoms with Gasteiger partial charge in [-0.1, -0.05) is 36.8 Å². The number of hydrogen-bond donors (Lipinski definition) is 1. The van der Waals surface area contributed by atoms with Crippen LogP contribution in [0.5, 0.6) is 5.88 Å². The number of amides is 1. The maximum Gasteiger partial charge on any atom is 0.259 e. The zero-order valence-electron chi connectivity index (χ0n) is 16.4. The minimum Gasteiger partial charge on any atom is -0.480 e. The molecule has 0 atom stereocenters. The Balaban J connectivity index is 1.41. The summed E-state index contributed by atoms with van der Waals surface area (Å²) in [6.45, 7) is 0.703. The van der Waals surface area contributed by atoms with E-state index >= 15 is 0 Å². The predicted octanol–water partition coefficient (Wildman–Crippen LogP) is 3.97. The summed E-state index contributed by atoms with van der Waals surface area (Å²) in [7, 11) is 3.34. The van der Waals surface area contributed by atoms with Gasteiger partial charge in [0.05, 0.1) is 12.8 Å². The van der Waals surface area contributed by atoms with E-state index in [9.17, 15) is 4.79 Å². The second-order valence-corrected chi connectivity index (χ2v) is 6.74. The quantitative estimate of drug-likeness (QED) is 0.572. The molecule has 6 nitrogen and oxygen atoms in total. The van der Waals surface area contributed by atoms with Crippen molar-refractivity contribution in [1.82, 2.24) is 20.1 Å². The number of carbonyl (C=O) groups is 1. The van der Waals surface area contributed by atoms with Crippen LogP contribution in [0.4, 0.5) is 0 Å². The van der Waals surface area contributed by atoms with Crippen LogP contribution >= 0.6 is 0 Å². The number of carbonyl (C=O) groups excluding carboxylic acids is 1. The van der Waals surface area contributed by atoms with Gasteiger partial charge in [0.1, 0.15) is 5.56 Å². The zero-order chi connectivity index (χ0) is 19.8. The molecule has 1 amide bonds. The lowest BCUT2D eigenvalue weighted by molar-refractivity contribution is 0.0788. The fourth-order valence-corrected chi connectivity index (χ4v) is 3.11. The lowest BCUT2D eigenvalue weighted by atomic mass is 10.1. The highest BCUT2D eigenvalue weighted by molar-refractivity contribution is 5.96. The van der Waals surface area contributed by atoms with Gasteiger partial charge in [0.2, 0.25) is 5.88 Å². The zero-order valence-corrected chi connectivity index (χ0v) is 16.4. The van der Waals surface area contributed by atoms with Gasteiger partial charge in [0.25, 0.3) is 5.91 Å². The maximum atomic E-state index is 12.5. The van der Waals surface area contributed by atoms with E-state index in [0.717, 1.165) is 42.6 Å². The van der Waals surface area contributed by atoms with E-state index in [0.29, 0.717) is 18.0 Å². The average Bonchev–Trinajstić information content (AvgIpc) is 3.22. The molecule has 0 saturated carbocycles. The van der Waals surface area contributed by atoms with Crippen molar-refractivity contribution in [1.29, 1.82) is 0 Å². The number of rotatable bonds is 9. The third-order valence-corrected chi connectivity index (χ3v) is 4.68. The molecule has 0 aliphatic heterocycles. The van der Waals surface area contributed by atoms with Crippen molar-refractivity contribution < 1.29 is 9.53 Å². The Morgan fingerprint density at radius 3 is 2.71 bits per heavy atom. The van der Waals surface area contributed by atoms with Crippen LogP contribution in [0.1, 0.15) is 35.3 Å². The van der Waals surface area contributed by atoms with E-state index in [1.807, 2.05) is 25.2 Å². The molecule has 0 aliphatic carbocycles. The molecule has 1 N–H and O–H groups in total. The number of unbranched alkanes of at least 4 members (excludes halogenated alkanes) is 2. The van der Waals surface area contributed by atoms with Crippen LogP contribution in [0.15, 0.2) is 54.7 Å². The first kappa shape index (κ1) is 19.6. The lowest BCUT2D eigenvalue weighted by Gasteiger charge is -2.18. The number of nitrogens with one attached hydrogen (secondary N) is 1. The standard InChI is InChI=1S/C22H26N4O2/c1-26(22(27)19-13-9-14-23-21(19)28-2)15-8-4-7-12-18-16-20(25-24-18)17-10-5-3-6-11-17/h3,5-6,9-11,13-14,16H,4,7-8,12,15H2,1-2H3,(H,24,25). The van der Waals surface area contributed by atoms with Gasteiger partial charge in [-0.2, -0.15) is 5.10 Å². The first-order valence-electron chi connectivity index (χ1n) is 9.53. The molecule has 2 aromatic heterocycles. The molecule has 6 heteroatoms. The van der Waals surface area contributed by atoms with Gasteiger partial charge in [-0.3, -0.25) is 9.89 Å². The Bertz CT molecular complexity index is 892. The van der Waals surface area contributed by atoms with Crippen LogP contribution < -0.4 is 4.74 Å². The number of ether oxygens (including phenoxy) is 1. The number of aromatic nitrogens is 3. The predicted molar refractivity (Wildman–Crippen MR) is 109 cm³/mol. The fraction of sp³-hybridized carbons (Fsp3) is 0.318. The molecule has 0 fully saturated rings. The van der Waals surface area contributed by atoms with Gasteiger partial charge in [0, 0.05) is 31.0 Å². The second-order valence-electron chi connectivity index (χ2n) is 6.74. The number of H-pyrrole nitrogens is 1. The third kappa shape index (κ3) is 4.97. The van der Waals surface area contributed by atoms with Crippen LogP contribution in [0.25, 0.3) is 11.3 Å². The smallest absolute Gasteiger partial charge is 0.259 e. The highest BCUT2D eigenvalue weighted by Crippen LogP contribution is 2.18. The maximum absolute atomic E-state index is 12.5. The molecule has 0 saturated heterocycles. The van der Waals surface area contributed by atoms with Crippen molar-refractivity contribution in [2.75, 3.05) is 20.7 Å². The Hall–Kier alpha value is -3.15. The Labute approximate surface area is 165 Å². The third-order valence-electron chi connectivity index (χ3n) is 4.68. The lowest BCUT2D eigenvalue weighted by Crippen LogP contribution is -2.28. The fourth-order valence-electron chi connectivity index (χ4n) is 3.11. The number of aryl methyl sites for hydroxylation is 1. The van der Waals surface area contributed by atoms with Crippen molar-refractivity contribution in [3.63, 3.8) is 0 Å². The molecule has 146 valence electrons. The van der Waals surface area contributed by atoms with Crippen molar-refractivity contribution in [3.05, 3.63) is 66.0 Å². The van der Waals surface area contributed by atoms with Crippen LogP contribution in [-0.2, 0) is 6.42 Å². The molecule has 3 aromatic rings. The number of methoxy groups -OCH3 is 1. The van der Waals surface area contributed by atoms with Gasteiger partial charge < -0.3 is 9.64 Å². The van der Waals surface area contributed by atoms with Crippen molar-refractivity contribution in [2.24, 2.45) is 0 Å². The number of aromatic amines is 1. The Morgan fingerprint density at radius 1 is 1.11 bits per heavy atom. The second kappa shape index (κ2) is 9.69. The van der Waals surface area contributed by atoms with E-state index in [1.54, 1.807) is 23.2 Å². The van der Waals surface area contributed by atoms with E-state index in [-0.39, 0.29) is 5.91 Å². The summed E-state index contributed by atoms with van der Waals surface area (Å²) >= 11 is 0. The van der Waals surface area contributed by atoms with Crippen LogP contribution in [0.2, 0.25) is 0 Å². The van der Waals surface area contributed by atoms with Gasteiger partial charge in [-0.25, -0.2) is 4.98 Å². The highest BCUT2D eigenvalue weighted by Gasteiger charge is 2.16. The van der Waals surface area contributed by atoms with E-state index in [1.165, 1.54) is 7.11 Å². The minimum atomic E-state index is -0.0639. The summed E-state index contributed by atoms with van der Waals surface area (Å²) in [4.78, 5) is 18.4. The number of nitrogens with zero attached hydrogens (tertiary/aromatic N) is 3. The molecule has 2 heterocycles. The molecule has 0 radical (unpaired) electrons. The molecule has 0 aliphatic rings. The van der Waals surface area contributed by atoms with Crippen LogP contribution in [0, 0.1) is 0 Å². The Morgan fingerprint density at radius 2 is 1.93 bits per heavy atom. The molecule has 3 rings (SSSR count). The average molecular weight is 378 g/mol. The van der Waals surface area contributed by atoms with E-state index in [2.05, 4.69) is 33.4 Å².